The Balaban J connectivity index is 0.00000155. The molecule has 3 aromatic carbocycles. The molecular formula is C21H20F4N2O2S. The lowest BCUT2D eigenvalue weighted by Crippen LogP contribution is -2.16. The first kappa shape index (κ1) is 23.2. The van der Waals surface area contributed by atoms with Gasteiger partial charge in [-0.15, -0.1) is 0 Å². The zero-order valence-electron chi connectivity index (χ0n) is 16.4. The Hall–Kier alpha value is -3.07. The molecule has 0 aliphatic heterocycles. The molecule has 0 aromatic heterocycles. The van der Waals surface area contributed by atoms with Gasteiger partial charge in [0.25, 0.3) is 10.0 Å². The lowest BCUT2D eigenvalue weighted by molar-refractivity contribution is 0.512. The van der Waals surface area contributed by atoms with Crippen molar-refractivity contribution in [2.24, 2.45) is 0 Å². The zero-order chi connectivity index (χ0) is 22.5. The van der Waals surface area contributed by atoms with E-state index < -0.39 is 49.6 Å². The predicted molar refractivity (Wildman–Crippen MR) is 109 cm³/mol. The van der Waals surface area contributed by atoms with Gasteiger partial charge in [-0.05, 0) is 48.9 Å². The van der Waals surface area contributed by atoms with E-state index >= 15 is 0 Å². The highest BCUT2D eigenvalue weighted by Crippen LogP contribution is 2.33. The van der Waals surface area contributed by atoms with E-state index in [9.17, 15) is 26.0 Å². The van der Waals surface area contributed by atoms with Crippen molar-refractivity contribution in [1.82, 2.24) is 0 Å². The van der Waals surface area contributed by atoms with Crippen LogP contribution in [0.5, 0.6) is 0 Å². The summed E-state index contributed by atoms with van der Waals surface area (Å²) in [6.07, 6.45) is 0. The Morgan fingerprint density at radius 3 is 2.03 bits per heavy atom. The van der Waals surface area contributed by atoms with Crippen molar-refractivity contribution < 1.29 is 26.0 Å². The summed E-state index contributed by atoms with van der Waals surface area (Å²) in [6, 6.07) is 10.2. The Bertz CT molecular complexity index is 1150. The number of hydrogen-bond donors (Lipinski definition) is 2. The highest BCUT2D eigenvalue weighted by molar-refractivity contribution is 7.92. The number of rotatable bonds is 5. The number of hydrogen-bond acceptors (Lipinski definition) is 3. The van der Waals surface area contributed by atoms with Gasteiger partial charge in [0.1, 0.15) is 22.2 Å². The lowest BCUT2D eigenvalue weighted by atomic mass is 10.2. The number of nitrogens with one attached hydrogen (secondary N) is 2. The normalized spacial score (nSPS) is 10.8. The maximum atomic E-state index is 14.3. The summed E-state index contributed by atoms with van der Waals surface area (Å²) in [6.45, 7) is 5.64. The monoisotopic (exact) mass is 440 g/mol. The van der Waals surface area contributed by atoms with Crippen LogP contribution in [0.2, 0.25) is 0 Å². The first-order valence-corrected chi connectivity index (χ1v) is 10.5. The molecule has 3 rings (SSSR count). The van der Waals surface area contributed by atoms with Crippen LogP contribution in [-0.2, 0) is 10.0 Å². The molecule has 4 nitrogen and oxygen atoms in total. The van der Waals surface area contributed by atoms with Gasteiger partial charge >= 0.3 is 0 Å². The molecule has 9 heteroatoms. The van der Waals surface area contributed by atoms with Crippen molar-refractivity contribution in [2.45, 2.75) is 25.7 Å². The van der Waals surface area contributed by atoms with Crippen LogP contribution in [0.4, 0.5) is 34.6 Å². The summed E-state index contributed by atoms with van der Waals surface area (Å²) in [5, 5.41) is 2.36. The first-order valence-electron chi connectivity index (χ1n) is 8.97. The molecule has 0 heterocycles. The number of benzene rings is 3. The van der Waals surface area contributed by atoms with Crippen LogP contribution in [0.1, 0.15) is 19.4 Å². The fourth-order valence-corrected chi connectivity index (χ4v) is 3.63. The topological polar surface area (TPSA) is 58.2 Å². The highest BCUT2D eigenvalue weighted by Gasteiger charge is 2.23. The molecule has 0 saturated carbocycles. The number of halogens is 4. The molecule has 30 heavy (non-hydrogen) atoms. The van der Waals surface area contributed by atoms with E-state index in [4.69, 9.17) is 0 Å². The Morgan fingerprint density at radius 2 is 1.40 bits per heavy atom. The van der Waals surface area contributed by atoms with Crippen LogP contribution in [-0.4, -0.2) is 8.42 Å². The van der Waals surface area contributed by atoms with Crippen molar-refractivity contribution >= 4 is 27.1 Å². The molecule has 0 spiro atoms. The molecule has 0 aliphatic rings. The minimum atomic E-state index is -4.45. The van der Waals surface area contributed by atoms with Gasteiger partial charge in [0.2, 0.25) is 0 Å². The van der Waals surface area contributed by atoms with Gasteiger partial charge in [-0.3, -0.25) is 4.72 Å². The maximum absolute atomic E-state index is 14.3. The summed E-state index contributed by atoms with van der Waals surface area (Å²) < 4.78 is 82.9. The van der Waals surface area contributed by atoms with Gasteiger partial charge < -0.3 is 5.32 Å². The SMILES string of the molecule is CC.Cc1ccc(Nc2c(NS(=O)(=O)c3ccccc3F)ccc(F)c2F)c(F)c1. The van der Waals surface area contributed by atoms with E-state index in [1.54, 1.807) is 6.92 Å². The van der Waals surface area contributed by atoms with E-state index in [1.807, 2.05) is 18.6 Å². The van der Waals surface area contributed by atoms with Crippen LogP contribution in [0.3, 0.4) is 0 Å². The molecule has 0 bridgehead atoms. The predicted octanol–water partition coefficient (Wildman–Crippen LogP) is 6.12. The van der Waals surface area contributed by atoms with Gasteiger partial charge in [0.05, 0.1) is 11.4 Å². The summed E-state index contributed by atoms with van der Waals surface area (Å²) >= 11 is 0. The molecule has 0 aliphatic carbocycles. The minimum Gasteiger partial charge on any atom is -0.349 e. The quantitative estimate of drug-likeness (QED) is 0.470. The van der Waals surface area contributed by atoms with E-state index in [-0.39, 0.29) is 5.69 Å². The zero-order valence-corrected chi connectivity index (χ0v) is 17.2. The Morgan fingerprint density at radius 1 is 0.767 bits per heavy atom. The van der Waals surface area contributed by atoms with Crippen LogP contribution in [0.15, 0.2) is 59.5 Å². The molecule has 0 atom stereocenters. The van der Waals surface area contributed by atoms with Crippen LogP contribution in [0, 0.1) is 30.2 Å². The number of aryl methyl sites for hydroxylation is 1. The van der Waals surface area contributed by atoms with E-state index in [1.165, 1.54) is 30.3 Å². The maximum Gasteiger partial charge on any atom is 0.264 e. The molecular weight excluding hydrogens is 420 g/mol. The standard InChI is InChI=1S/C19H14F4N2O2S.C2H6/c1-11-6-8-15(14(22)10-11)24-19-16(9-7-13(21)18(19)23)25-28(26,27)17-5-3-2-4-12(17)20;1-2/h2-10,24-25H,1H3;1-2H3. The number of sulfonamides is 1. The van der Waals surface area contributed by atoms with E-state index in [2.05, 4.69) is 5.32 Å². The van der Waals surface area contributed by atoms with Crippen molar-refractivity contribution in [3.8, 4) is 0 Å². The van der Waals surface area contributed by atoms with Crippen molar-refractivity contribution in [2.75, 3.05) is 10.0 Å². The first-order chi connectivity index (χ1) is 14.2. The second kappa shape index (κ2) is 9.62. The Kier molecular flexibility index (Phi) is 7.44. The van der Waals surface area contributed by atoms with Crippen molar-refractivity contribution in [1.29, 1.82) is 0 Å². The average molecular weight is 440 g/mol. The average Bonchev–Trinajstić information content (AvgIpc) is 2.71. The van der Waals surface area contributed by atoms with Crippen LogP contribution < -0.4 is 10.0 Å². The fourth-order valence-electron chi connectivity index (χ4n) is 2.48. The van der Waals surface area contributed by atoms with Crippen LogP contribution >= 0.6 is 0 Å². The van der Waals surface area contributed by atoms with Gasteiger partial charge in [-0.2, -0.15) is 0 Å². The Labute approximate surface area is 172 Å². The summed E-state index contributed by atoms with van der Waals surface area (Å²) in [4.78, 5) is -0.674. The summed E-state index contributed by atoms with van der Waals surface area (Å²) in [5.74, 6) is -4.46. The third-order valence-corrected chi connectivity index (χ3v) is 5.25. The van der Waals surface area contributed by atoms with Gasteiger partial charge in [0.15, 0.2) is 11.6 Å². The third-order valence-electron chi connectivity index (χ3n) is 3.85. The molecule has 0 radical (unpaired) electrons. The van der Waals surface area contributed by atoms with Gasteiger partial charge in [-0.1, -0.05) is 32.0 Å². The van der Waals surface area contributed by atoms with Crippen LogP contribution in [0.25, 0.3) is 0 Å². The van der Waals surface area contributed by atoms with Gasteiger partial charge in [-0.25, -0.2) is 26.0 Å². The van der Waals surface area contributed by atoms with E-state index in [0.29, 0.717) is 11.6 Å². The summed E-state index contributed by atoms with van der Waals surface area (Å²) in [7, 11) is -4.45. The number of anilines is 3. The molecule has 0 unspecified atom stereocenters. The third kappa shape index (κ3) is 5.10. The molecule has 0 fully saturated rings. The highest BCUT2D eigenvalue weighted by atomic mass is 32.2. The molecule has 0 amide bonds. The molecule has 160 valence electrons. The second-order valence-corrected chi connectivity index (χ2v) is 7.58. The largest absolute Gasteiger partial charge is 0.349 e. The summed E-state index contributed by atoms with van der Waals surface area (Å²) in [5.41, 5.74) is -0.644. The van der Waals surface area contributed by atoms with E-state index in [0.717, 1.165) is 18.2 Å². The fraction of sp³-hybridized carbons (Fsp3) is 0.143. The van der Waals surface area contributed by atoms with Crippen molar-refractivity contribution in [3.05, 3.63) is 83.4 Å². The van der Waals surface area contributed by atoms with Gasteiger partial charge in [0, 0.05) is 0 Å². The molecule has 2 N–H and O–H groups in total. The van der Waals surface area contributed by atoms with Crippen molar-refractivity contribution in [3.63, 3.8) is 0 Å². The smallest absolute Gasteiger partial charge is 0.264 e. The molecule has 3 aromatic rings. The lowest BCUT2D eigenvalue weighted by Gasteiger charge is -2.16. The molecule has 0 saturated heterocycles. The minimum absolute atomic E-state index is 0.193. The second-order valence-electron chi connectivity index (χ2n) is 5.93.